The molecule has 0 aliphatic carbocycles. The average molecular weight is 357 g/mol. The van der Waals surface area contributed by atoms with Crippen LogP contribution in [0.5, 0.6) is 0 Å². The van der Waals surface area contributed by atoms with Crippen molar-refractivity contribution >= 4 is 11.7 Å². The fraction of sp³-hybridized carbons (Fsp3) is 0.474. The minimum Gasteiger partial charge on any atom is -0.379 e. The summed E-state index contributed by atoms with van der Waals surface area (Å²) in [5, 5.41) is 10.4. The summed E-state index contributed by atoms with van der Waals surface area (Å²) in [6, 6.07) is 9.51. The van der Waals surface area contributed by atoms with E-state index in [0.717, 1.165) is 62.0 Å². The molecule has 7 nitrogen and oxygen atoms in total. The Morgan fingerprint density at radius 3 is 2.73 bits per heavy atom. The highest BCUT2D eigenvalue weighted by Crippen LogP contribution is 2.21. The summed E-state index contributed by atoms with van der Waals surface area (Å²) in [6.07, 6.45) is 0.923. The fourth-order valence-corrected chi connectivity index (χ4v) is 3.13. The number of carbonyl (C=O) groups is 1. The maximum absolute atomic E-state index is 12.3. The van der Waals surface area contributed by atoms with Gasteiger partial charge in [0.1, 0.15) is 0 Å². The van der Waals surface area contributed by atoms with Crippen molar-refractivity contribution in [1.29, 1.82) is 0 Å². The van der Waals surface area contributed by atoms with Gasteiger partial charge in [-0.05, 0) is 45.0 Å². The summed E-state index contributed by atoms with van der Waals surface area (Å²) >= 11 is 0. The summed E-state index contributed by atoms with van der Waals surface area (Å²) in [7, 11) is 0. The molecule has 0 unspecified atom stereocenters. The molecule has 2 N–H and O–H groups in total. The van der Waals surface area contributed by atoms with Crippen molar-refractivity contribution in [1.82, 2.24) is 20.0 Å². The second-order valence-corrected chi connectivity index (χ2v) is 6.54. The van der Waals surface area contributed by atoms with Crippen molar-refractivity contribution in [3.63, 3.8) is 0 Å². The minimum atomic E-state index is -0.194. The van der Waals surface area contributed by atoms with Crippen LogP contribution in [-0.4, -0.2) is 60.1 Å². The van der Waals surface area contributed by atoms with E-state index < -0.39 is 0 Å². The lowest BCUT2D eigenvalue weighted by Crippen LogP contribution is -2.38. The van der Waals surface area contributed by atoms with Crippen molar-refractivity contribution < 1.29 is 9.53 Å². The molecule has 0 spiro atoms. The molecule has 1 saturated heterocycles. The van der Waals surface area contributed by atoms with Crippen LogP contribution in [0.25, 0.3) is 5.69 Å². The quantitative estimate of drug-likeness (QED) is 0.779. The third-order valence-corrected chi connectivity index (χ3v) is 4.43. The van der Waals surface area contributed by atoms with E-state index in [0.29, 0.717) is 6.54 Å². The molecule has 1 aromatic carbocycles. The van der Waals surface area contributed by atoms with Crippen LogP contribution in [0, 0.1) is 13.8 Å². The van der Waals surface area contributed by atoms with E-state index in [2.05, 4.69) is 20.6 Å². The second-order valence-electron chi connectivity index (χ2n) is 6.54. The van der Waals surface area contributed by atoms with Gasteiger partial charge in [0.25, 0.3) is 0 Å². The van der Waals surface area contributed by atoms with E-state index in [4.69, 9.17) is 4.74 Å². The molecule has 7 heteroatoms. The normalized spacial score (nSPS) is 15.0. The lowest BCUT2D eigenvalue weighted by atomic mass is 10.2. The first-order chi connectivity index (χ1) is 12.6. The van der Waals surface area contributed by atoms with Crippen molar-refractivity contribution in [3.05, 3.63) is 41.7 Å². The Labute approximate surface area is 154 Å². The standard InChI is InChI=1S/C19H27N5O2/c1-15-14-16(2)24(22-15)18-7-4-3-6-17(18)21-19(25)20-8-5-9-23-10-12-26-13-11-23/h3-4,6-7,14H,5,8-13H2,1-2H3,(H2,20,21,25). The zero-order valence-corrected chi connectivity index (χ0v) is 15.5. The Morgan fingerprint density at radius 2 is 2.00 bits per heavy atom. The number of aromatic nitrogens is 2. The maximum Gasteiger partial charge on any atom is 0.319 e. The van der Waals surface area contributed by atoms with Gasteiger partial charge in [-0.2, -0.15) is 5.10 Å². The molecule has 0 radical (unpaired) electrons. The maximum atomic E-state index is 12.3. The summed E-state index contributed by atoms with van der Waals surface area (Å²) in [6.45, 7) is 9.14. The van der Waals surface area contributed by atoms with E-state index in [1.54, 1.807) is 0 Å². The van der Waals surface area contributed by atoms with Crippen molar-refractivity contribution in [2.75, 3.05) is 44.7 Å². The number of aryl methyl sites for hydroxylation is 2. The Hall–Kier alpha value is -2.38. The highest BCUT2D eigenvalue weighted by atomic mass is 16.5. The predicted molar refractivity (Wildman–Crippen MR) is 102 cm³/mol. The van der Waals surface area contributed by atoms with E-state index >= 15 is 0 Å². The number of hydrogen-bond donors (Lipinski definition) is 2. The monoisotopic (exact) mass is 357 g/mol. The van der Waals surface area contributed by atoms with Crippen LogP contribution in [0.3, 0.4) is 0 Å². The molecule has 0 saturated carbocycles. The number of rotatable bonds is 6. The molecule has 1 aliphatic heterocycles. The van der Waals surface area contributed by atoms with Gasteiger partial charge in [-0.25, -0.2) is 9.48 Å². The Morgan fingerprint density at radius 1 is 1.23 bits per heavy atom. The van der Waals surface area contributed by atoms with Gasteiger partial charge in [0.05, 0.1) is 30.3 Å². The number of nitrogens with zero attached hydrogens (tertiary/aromatic N) is 3. The first-order valence-electron chi connectivity index (χ1n) is 9.11. The molecular weight excluding hydrogens is 330 g/mol. The first kappa shape index (κ1) is 18.4. The number of morpholine rings is 1. The largest absolute Gasteiger partial charge is 0.379 e. The average Bonchev–Trinajstić information content (AvgIpc) is 2.98. The van der Waals surface area contributed by atoms with Gasteiger partial charge in [0, 0.05) is 25.3 Å². The molecule has 2 amide bonds. The molecule has 2 heterocycles. The Kier molecular flexibility index (Phi) is 6.25. The van der Waals surface area contributed by atoms with Crippen molar-refractivity contribution in [3.8, 4) is 5.69 Å². The number of amides is 2. The molecule has 0 atom stereocenters. The van der Waals surface area contributed by atoms with Crippen LogP contribution in [-0.2, 0) is 4.74 Å². The van der Waals surface area contributed by atoms with Gasteiger partial charge < -0.3 is 15.4 Å². The molecule has 1 aliphatic rings. The molecular formula is C19H27N5O2. The molecule has 1 aromatic heterocycles. The first-order valence-corrected chi connectivity index (χ1v) is 9.11. The number of ether oxygens (including phenoxy) is 1. The van der Waals surface area contributed by atoms with Crippen LogP contribution in [0.4, 0.5) is 10.5 Å². The molecule has 3 rings (SSSR count). The van der Waals surface area contributed by atoms with Crippen LogP contribution in [0.1, 0.15) is 17.8 Å². The third kappa shape index (κ3) is 4.83. The van der Waals surface area contributed by atoms with Crippen molar-refractivity contribution in [2.24, 2.45) is 0 Å². The highest BCUT2D eigenvalue weighted by Gasteiger charge is 2.12. The molecule has 2 aromatic rings. The zero-order valence-electron chi connectivity index (χ0n) is 15.5. The Balaban J connectivity index is 1.52. The van der Waals surface area contributed by atoms with Gasteiger partial charge in [0.2, 0.25) is 0 Å². The van der Waals surface area contributed by atoms with Gasteiger partial charge in [0.15, 0.2) is 0 Å². The third-order valence-electron chi connectivity index (χ3n) is 4.43. The predicted octanol–water partition coefficient (Wildman–Crippen LogP) is 2.33. The van der Waals surface area contributed by atoms with Crippen LogP contribution in [0.15, 0.2) is 30.3 Å². The second kappa shape index (κ2) is 8.82. The van der Waals surface area contributed by atoms with Crippen LogP contribution in [0.2, 0.25) is 0 Å². The van der Waals surface area contributed by atoms with E-state index in [1.807, 2.05) is 48.9 Å². The molecule has 140 valence electrons. The van der Waals surface area contributed by atoms with Gasteiger partial charge >= 0.3 is 6.03 Å². The fourth-order valence-electron chi connectivity index (χ4n) is 3.13. The highest BCUT2D eigenvalue weighted by molar-refractivity contribution is 5.91. The molecule has 1 fully saturated rings. The number of carbonyl (C=O) groups excluding carboxylic acids is 1. The topological polar surface area (TPSA) is 71.4 Å². The van der Waals surface area contributed by atoms with Gasteiger partial charge in [-0.3, -0.25) is 4.90 Å². The number of anilines is 1. The smallest absolute Gasteiger partial charge is 0.319 e. The zero-order chi connectivity index (χ0) is 18.4. The van der Waals surface area contributed by atoms with E-state index in [-0.39, 0.29) is 6.03 Å². The number of hydrogen-bond acceptors (Lipinski definition) is 4. The number of benzene rings is 1. The molecule has 26 heavy (non-hydrogen) atoms. The van der Waals surface area contributed by atoms with Gasteiger partial charge in [-0.15, -0.1) is 0 Å². The van der Waals surface area contributed by atoms with E-state index in [1.165, 1.54) is 0 Å². The van der Waals surface area contributed by atoms with Crippen LogP contribution < -0.4 is 10.6 Å². The SMILES string of the molecule is Cc1cc(C)n(-c2ccccc2NC(=O)NCCCN2CCOCC2)n1. The summed E-state index contributed by atoms with van der Waals surface area (Å²) in [5.41, 5.74) is 3.58. The van der Waals surface area contributed by atoms with Gasteiger partial charge in [-0.1, -0.05) is 12.1 Å². The summed E-state index contributed by atoms with van der Waals surface area (Å²) in [5.74, 6) is 0. The van der Waals surface area contributed by atoms with Crippen LogP contribution >= 0.6 is 0 Å². The minimum absolute atomic E-state index is 0.194. The number of urea groups is 1. The van der Waals surface area contributed by atoms with E-state index in [9.17, 15) is 4.79 Å². The van der Waals surface area contributed by atoms with Crippen molar-refractivity contribution in [2.45, 2.75) is 20.3 Å². The summed E-state index contributed by atoms with van der Waals surface area (Å²) < 4.78 is 7.19. The number of para-hydroxylation sites is 2. The summed E-state index contributed by atoms with van der Waals surface area (Å²) in [4.78, 5) is 14.6. The molecule has 0 bridgehead atoms. The Bertz CT molecular complexity index is 737. The lowest BCUT2D eigenvalue weighted by Gasteiger charge is -2.26. The number of nitrogens with one attached hydrogen (secondary N) is 2. The lowest BCUT2D eigenvalue weighted by molar-refractivity contribution is 0.0375.